The van der Waals surface area contributed by atoms with Crippen molar-refractivity contribution in [3.05, 3.63) is 108 Å². The van der Waals surface area contributed by atoms with Crippen LogP contribution in [0.1, 0.15) is 33.9 Å². The van der Waals surface area contributed by atoms with Gasteiger partial charge in [-0.15, -0.1) is 0 Å². The molecule has 1 atom stereocenters. The molecule has 0 unspecified atom stereocenters. The second-order valence-corrected chi connectivity index (χ2v) is 8.69. The molecule has 0 fully saturated rings. The van der Waals surface area contributed by atoms with Crippen LogP contribution in [-0.2, 0) is 11.4 Å². The van der Waals surface area contributed by atoms with Crippen LogP contribution in [0.3, 0.4) is 0 Å². The highest BCUT2D eigenvalue weighted by molar-refractivity contribution is 6.04. The van der Waals surface area contributed by atoms with E-state index in [4.69, 9.17) is 15.6 Å². The summed E-state index contributed by atoms with van der Waals surface area (Å²) in [4.78, 5) is 24.6. The first kappa shape index (κ1) is 23.9. The van der Waals surface area contributed by atoms with Crippen molar-refractivity contribution in [1.29, 1.82) is 0 Å². The number of nitrogens with one attached hydrogen (secondary N) is 2. The van der Waals surface area contributed by atoms with Crippen LogP contribution in [0.25, 0.3) is 11.3 Å². The number of primary amides is 1. The lowest BCUT2D eigenvalue weighted by molar-refractivity contribution is -0.111. The lowest BCUT2D eigenvalue weighted by Crippen LogP contribution is -2.27. The van der Waals surface area contributed by atoms with Gasteiger partial charge in [0.1, 0.15) is 29.4 Å². The van der Waals surface area contributed by atoms with Crippen LogP contribution in [0, 0.1) is 0 Å². The molecule has 8 nitrogen and oxygen atoms in total. The Morgan fingerprint density at radius 3 is 2.54 bits per heavy atom. The summed E-state index contributed by atoms with van der Waals surface area (Å²) in [6.45, 7) is 4.61. The van der Waals surface area contributed by atoms with E-state index in [1.165, 1.54) is 6.08 Å². The van der Waals surface area contributed by atoms with Gasteiger partial charge in [0, 0.05) is 23.4 Å². The molecule has 0 aliphatic carbocycles. The zero-order valence-corrected chi connectivity index (χ0v) is 20.2. The molecule has 4 N–H and O–H groups in total. The average Bonchev–Trinajstić information content (AvgIpc) is 3.33. The summed E-state index contributed by atoms with van der Waals surface area (Å²) in [6.07, 6.45) is 1.94. The molecule has 1 aliphatic rings. The monoisotopic (exact) mass is 493 g/mol. The summed E-state index contributed by atoms with van der Waals surface area (Å²) in [5.74, 6) is 0.408. The van der Waals surface area contributed by atoms with E-state index in [0.29, 0.717) is 48.1 Å². The maximum Gasteiger partial charge on any atom is 0.254 e. The molecule has 3 aromatic carbocycles. The van der Waals surface area contributed by atoms with E-state index >= 15 is 0 Å². The molecule has 2 heterocycles. The number of anilines is 2. The molecule has 1 aromatic heterocycles. The maximum atomic E-state index is 12.6. The summed E-state index contributed by atoms with van der Waals surface area (Å²) in [7, 11) is 0. The summed E-state index contributed by atoms with van der Waals surface area (Å²) in [6, 6.07) is 24.7. The van der Waals surface area contributed by atoms with Crippen molar-refractivity contribution >= 4 is 23.3 Å². The lowest BCUT2D eigenvalue weighted by atomic mass is 9.99. The minimum absolute atomic E-state index is 0.210. The van der Waals surface area contributed by atoms with Crippen LogP contribution in [0.4, 0.5) is 11.5 Å². The van der Waals surface area contributed by atoms with Crippen LogP contribution in [-0.4, -0.2) is 28.1 Å². The van der Waals surface area contributed by atoms with E-state index < -0.39 is 5.91 Å². The molecular weight excluding hydrogens is 466 g/mol. The zero-order chi connectivity index (χ0) is 25.8. The number of hydrogen-bond acceptors (Lipinski definition) is 5. The van der Waals surface area contributed by atoms with Crippen molar-refractivity contribution in [2.75, 3.05) is 17.2 Å². The number of carbonyl (C=O) groups excluding carboxylic acids is 2. The summed E-state index contributed by atoms with van der Waals surface area (Å²) >= 11 is 0. The van der Waals surface area contributed by atoms with E-state index in [2.05, 4.69) is 17.2 Å². The number of nitrogens with two attached hydrogens (primary N) is 1. The van der Waals surface area contributed by atoms with Crippen LogP contribution in [0.2, 0.25) is 0 Å². The Kier molecular flexibility index (Phi) is 6.72. The number of ether oxygens (including phenoxy) is 1. The second-order valence-electron chi connectivity index (χ2n) is 8.69. The van der Waals surface area contributed by atoms with Crippen LogP contribution in [0.5, 0.6) is 5.75 Å². The molecule has 0 radical (unpaired) electrons. The summed E-state index contributed by atoms with van der Waals surface area (Å²) in [5, 5.41) is 11.0. The van der Waals surface area contributed by atoms with E-state index in [-0.39, 0.29) is 11.9 Å². The van der Waals surface area contributed by atoms with Crippen molar-refractivity contribution in [2.45, 2.75) is 19.1 Å². The molecule has 5 rings (SSSR count). The van der Waals surface area contributed by atoms with E-state index in [1.807, 2.05) is 78.9 Å². The molecular formula is C29H27N5O3. The fraction of sp³-hybridized carbons (Fsp3) is 0.138. The molecule has 2 amide bonds. The van der Waals surface area contributed by atoms with Gasteiger partial charge in [-0.2, -0.15) is 5.10 Å². The van der Waals surface area contributed by atoms with Gasteiger partial charge >= 0.3 is 0 Å². The SMILES string of the molecule is C=CC(=O)Nc1ccccc1[C@@H]1CCNc2c(C(N)=O)c(-c3ccc(OCc4ccccc4)cc3)nn21. The number of carbonyl (C=O) groups is 2. The maximum absolute atomic E-state index is 12.6. The van der Waals surface area contributed by atoms with E-state index in [9.17, 15) is 9.59 Å². The number of rotatable bonds is 8. The highest BCUT2D eigenvalue weighted by atomic mass is 16.5. The third kappa shape index (κ3) is 4.95. The molecule has 0 saturated heterocycles. The van der Waals surface area contributed by atoms with Crippen molar-refractivity contribution in [2.24, 2.45) is 5.73 Å². The molecule has 8 heteroatoms. The largest absolute Gasteiger partial charge is 0.489 e. The van der Waals surface area contributed by atoms with Gasteiger partial charge in [-0.25, -0.2) is 4.68 Å². The Morgan fingerprint density at radius 2 is 1.81 bits per heavy atom. The second kappa shape index (κ2) is 10.4. The van der Waals surface area contributed by atoms with Crippen molar-refractivity contribution < 1.29 is 14.3 Å². The van der Waals surface area contributed by atoms with Gasteiger partial charge < -0.3 is 21.1 Å². The van der Waals surface area contributed by atoms with Gasteiger partial charge in [0.2, 0.25) is 5.91 Å². The van der Waals surface area contributed by atoms with Crippen molar-refractivity contribution in [1.82, 2.24) is 9.78 Å². The molecule has 37 heavy (non-hydrogen) atoms. The quantitative estimate of drug-likeness (QED) is 0.307. The molecule has 186 valence electrons. The molecule has 1 aliphatic heterocycles. The number of nitrogens with zero attached hydrogens (tertiary/aromatic N) is 2. The smallest absolute Gasteiger partial charge is 0.254 e. The Morgan fingerprint density at radius 1 is 1.08 bits per heavy atom. The number of para-hydroxylation sites is 1. The number of aromatic nitrogens is 2. The Hall–Kier alpha value is -4.85. The fourth-order valence-corrected chi connectivity index (χ4v) is 4.54. The number of hydrogen-bond donors (Lipinski definition) is 3. The van der Waals surface area contributed by atoms with Crippen LogP contribution < -0.4 is 21.1 Å². The summed E-state index contributed by atoms with van der Waals surface area (Å²) in [5.41, 5.74) is 10.0. The predicted molar refractivity (Wildman–Crippen MR) is 143 cm³/mol. The van der Waals surface area contributed by atoms with Crippen LogP contribution in [0.15, 0.2) is 91.5 Å². The summed E-state index contributed by atoms with van der Waals surface area (Å²) < 4.78 is 7.69. The Balaban J connectivity index is 1.48. The lowest BCUT2D eigenvalue weighted by Gasteiger charge is -2.28. The van der Waals surface area contributed by atoms with Crippen molar-refractivity contribution in [3.8, 4) is 17.0 Å². The van der Waals surface area contributed by atoms with Gasteiger partial charge in [-0.1, -0.05) is 55.1 Å². The zero-order valence-electron chi connectivity index (χ0n) is 20.2. The van der Waals surface area contributed by atoms with Gasteiger partial charge in [-0.3, -0.25) is 9.59 Å². The first-order chi connectivity index (χ1) is 18.0. The van der Waals surface area contributed by atoms with E-state index in [0.717, 1.165) is 16.7 Å². The third-order valence-electron chi connectivity index (χ3n) is 6.30. The molecule has 0 bridgehead atoms. The Labute approximate surface area is 214 Å². The highest BCUT2D eigenvalue weighted by Gasteiger charge is 2.31. The normalized spacial score (nSPS) is 14.2. The van der Waals surface area contributed by atoms with Crippen LogP contribution >= 0.6 is 0 Å². The molecule has 0 spiro atoms. The fourth-order valence-electron chi connectivity index (χ4n) is 4.54. The Bertz CT molecular complexity index is 1440. The predicted octanol–water partition coefficient (Wildman–Crippen LogP) is 4.76. The minimum Gasteiger partial charge on any atom is -0.489 e. The number of amides is 2. The van der Waals surface area contributed by atoms with E-state index in [1.54, 1.807) is 4.68 Å². The number of benzene rings is 3. The topological polar surface area (TPSA) is 111 Å². The van der Waals surface area contributed by atoms with Gasteiger partial charge in [0.15, 0.2) is 0 Å². The highest BCUT2D eigenvalue weighted by Crippen LogP contribution is 2.39. The van der Waals surface area contributed by atoms with Gasteiger partial charge in [0.25, 0.3) is 5.91 Å². The average molecular weight is 494 g/mol. The van der Waals surface area contributed by atoms with Gasteiger partial charge in [0.05, 0.1) is 6.04 Å². The molecule has 4 aromatic rings. The first-order valence-corrected chi connectivity index (χ1v) is 12.0. The standard InChI is InChI=1S/C29H27N5O3/c1-2-25(35)32-23-11-7-6-10-22(23)24-16-17-31-29-26(28(30)36)27(33-34(24)29)20-12-14-21(15-13-20)37-18-19-8-4-3-5-9-19/h2-15,24,31H,1,16-18H2,(H2,30,36)(H,32,35)/t24-/m0/s1. The van der Waals surface area contributed by atoms with Crippen molar-refractivity contribution in [3.63, 3.8) is 0 Å². The van der Waals surface area contributed by atoms with Gasteiger partial charge in [-0.05, 0) is 48.4 Å². The number of fused-ring (bicyclic) bond motifs is 1. The minimum atomic E-state index is -0.568. The third-order valence-corrected chi connectivity index (χ3v) is 6.30. The first-order valence-electron chi connectivity index (χ1n) is 12.0. The molecule has 0 saturated carbocycles.